The summed E-state index contributed by atoms with van der Waals surface area (Å²) in [6.07, 6.45) is 27.4. The molecule has 0 radical (unpaired) electrons. The van der Waals surface area contributed by atoms with Crippen LogP contribution in [0.3, 0.4) is 0 Å². The SMILES string of the molecule is COC[C@@H]1[C@@H]2c3c(O)c(OC4CCCC4)cc([C@H]4CC[C@H]5C[C@]6(CO)C=CCC[C@@H]6C(CO)=C5C(=O)C4)c3C#CC[C@H]3C[C@H]1C=C1[C@@H](C[C@@H](C)C[C@H]12)c1cc(O)cc(c1)C1(CCCC1)c1cccc(c1)C1(CCCCC1)NC(N)=N3. The molecule has 11 atom stereocenters. The number of Topliss-reactive ketones (excluding diaryl/α,β-unsaturated/α-hetero) is 1. The third-order valence-electron chi connectivity index (χ3n) is 22.5. The number of aliphatic hydroxyl groups is 2. The Kier molecular flexibility index (Phi) is 14.7. The quantitative estimate of drug-likeness (QED) is 0.0997. The van der Waals surface area contributed by atoms with Crippen molar-refractivity contribution in [2.45, 2.75) is 195 Å². The van der Waals surface area contributed by atoms with E-state index in [9.17, 15) is 20.4 Å². The lowest BCUT2D eigenvalue weighted by Gasteiger charge is -2.50. The molecule has 10 heteroatoms. The van der Waals surface area contributed by atoms with Gasteiger partial charge in [0, 0.05) is 59.3 Å². The second-order valence-electron chi connectivity index (χ2n) is 27.0. The number of carbonyl (C=O) groups is 1. The molecule has 0 amide bonds. The van der Waals surface area contributed by atoms with Gasteiger partial charge in [-0.3, -0.25) is 4.79 Å². The minimum Gasteiger partial charge on any atom is -0.508 e. The summed E-state index contributed by atoms with van der Waals surface area (Å²) in [5.41, 5.74) is 16.6. The lowest BCUT2D eigenvalue weighted by Crippen LogP contribution is -2.50. The Hall–Kier alpha value is -5.34. The van der Waals surface area contributed by atoms with Crippen molar-refractivity contribution in [3.05, 3.63) is 122 Å². The van der Waals surface area contributed by atoms with E-state index in [1.54, 1.807) is 7.11 Å². The maximum Gasteiger partial charge on any atom is 0.189 e. The first-order valence-electron chi connectivity index (χ1n) is 31.4. The molecular weight excluding hydrogens is 995 g/mol. The van der Waals surface area contributed by atoms with Crippen molar-refractivity contribution in [1.29, 1.82) is 0 Å². The predicted octanol–water partition coefficient (Wildman–Crippen LogP) is 12.7. The monoisotopic (exact) mass is 1080 g/mol. The van der Waals surface area contributed by atoms with Crippen molar-refractivity contribution >= 4 is 11.7 Å². The molecule has 13 rings (SSSR count). The number of nitrogens with zero attached hydrogens (tertiary/aromatic N) is 1. The maximum absolute atomic E-state index is 15.3. The van der Waals surface area contributed by atoms with Gasteiger partial charge in [0.15, 0.2) is 23.2 Å². The van der Waals surface area contributed by atoms with Gasteiger partial charge in [0.2, 0.25) is 0 Å². The lowest BCUT2D eigenvalue weighted by atomic mass is 9.55. The Morgan fingerprint density at radius 3 is 2.44 bits per heavy atom. The number of aliphatic hydroxyl groups excluding tert-OH is 2. The summed E-state index contributed by atoms with van der Waals surface area (Å²) in [6.45, 7) is 2.63. The molecule has 3 aromatic rings. The van der Waals surface area contributed by atoms with Gasteiger partial charge in [-0.25, -0.2) is 4.99 Å². The topological polar surface area (TPSA) is 167 Å². The van der Waals surface area contributed by atoms with Crippen LogP contribution in [0, 0.1) is 52.8 Å². The number of aromatic hydroxyl groups is 2. The van der Waals surface area contributed by atoms with Gasteiger partial charge in [0.05, 0.1) is 37.5 Å². The number of hydrogen-bond acceptors (Lipinski definition) is 10. The largest absolute Gasteiger partial charge is 0.508 e. The van der Waals surface area contributed by atoms with Crippen LogP contribution in [-0.4, -0.2) is 71.2 Å². The first kappa shape index (κ1) is 53.9. The number of carbonyl (C=O) groups excluding carboxylic acids is 1. The molecule has 8 bridgehead atoms. The van der Waals surface area contributed by atoms with Crippen molar-refractivity contribution in [2.24, 2.45) is 51.6 Å². The Morgan fingerprint density at radius 2 is 1.65 bits per heavy atom. The molecule has 0 saturated heterocycles. The standard InChI is InChI=1S/C70H87N3O7/c1-42-28-54-45-30-49(36-51(76)32-45)69(24-10-11-25-69)47-14-12-15-48(35-47)70(26-7-3-8-27-70)73-67(71)72-50-16-13-19-53-55(43-21-22-44-38-68(41-75)23-9-6-20-60(68)58(39-74)63(44)61(77)34-43)37-62(80-52-17-4-5-18-52)66(78)65(53)64-57(29-42)56(54)33-46(31-50)59(64)40-79-2/h9,12,14-15,23,30,32-33,35-37,42-44,46,50,52,54,57,59-60,64,74-76,78H,3-8,10-11,16-18,20-22,24-29,31,34,38-41H2,1-2H3,(H3,71,72,73)/t42-,43+,44+,46+,50+,54+,57-,59+,60-,64-,68+/m1/s1. The molecule has 10 aliphatic rings. The highest BCUT2D eigenvalue weighted by Gasteiger charge is 2.52. The molecular formula is C70H87N3O7. The van der Waals surface area contributed by atoms with Crippen LogP contribution in [0.5, 0.6) is 17.2 Å². The van der Waals surface area contributed by atoms with Crippen LogP contribution in [0.25, 0.3) is 0 Å². The van der Waals surface area contributed by atoms with Crippen molar-refractivity contribution in [3.8, 4) is 29.1 Å². The van der Waals surface area contributed by atoms with E-state index >= 15 is 4.79 Å². The third kappa shape index (κ3) is 9.36. The second kappa shape index (κ2) is 21.8. The van der Waals surface area contributed by atoms with Gasteiger partial charge < -0.3 is 41.0 Å². The van der Waals surface area contributed by atoms with Crippen LogP contribution in [0.2, 0.25) is 0 Å². The minimum absolute atomic E-state index is 0.00701. The molecule has 0 aromatic heterocycles. The molecule has 424 valence electrons. The Bertz CT molecular complexity index is 3070. The fourth-order valence-electron chi connectivity index (χ4n) is 18.9. The van der Waals surface area contributed by atoms with Crippen molar-refractivity contribution < 1.29 is 34.7 Å². The number of methoxy groups -OCH3 is 1. The van der Waals surface area contributed by atoms with Crippen molar-refractivity contribution in [2.75, 3.05) is 26.9 Å². The van der Waals surface area contributed by atoms with Gasteiger partial charge in [-0.2, -0.15) is 0 Å². The van der Waals surface area contributed by atoms with E-state index in [1.165, 1.54) is 28.7 Å². The maximum atomic E-state index is 15.3. The Labute approximate surface area is 475 Å². The first-order valence-corrected chi connectivity index (χ1v) is 31.4. The molecule has 5 saturated carbocycles. The Balaban J connectivity index is 1.03. The van der Waals surface area contributed by atoms with E-state index in [0.717, 1.165) is 143 Å². The molecule has 80 heavy (non-hydrogen) atoms. The molecule has 9 aliphatic carbocycles. The number of fused-ring (bicyclic) bond motifs is 15. The number of hydrogen-bond donors (Lipinski definition) is 6. The zero-order valence-corrected chi connectivity index (χ0v) is 47.6. The number of rotatable bonds is 7. The van der Waals surface area contributed by atoms with E-state index < -0.39 is 11.0 Å². The summed E-state index contributed by atoms with van der Waals surface area (Å²) in [5, 5.41) is 51.8. The van der Waals surface area contributed by atoms with Crippen LogP contribution in [-0.2, 0) is 20.5 Å². The van der Waals surface area contributed by atoms with E-state index in [-0.39, 0.29) is 96.1 Å². The number of benzene rings is 3. The molecule has 1 heterocycles. The number of guanidine groups is 1. The fourth-order valence-corrected chi connectivity index (χ4v) is 18.9. The van der Waals surface area contributed by atoms with Crippen molar-refractivity contribution in [1.82, 2.24) is 5.32 Å². The van der Waals surface area contributed by atoms with Gasteiger partial charge in [0.1, 0.15) is 5.75 Å². The summed E-state index contributed by atoms with van der Waals surface area (Å²) in [6, 6.07) is 17.7. The average Bonchev–Trinajstić information content (AvgIpc) is 4.28. The Morgan fingerprint density at radius 1 is 0.863 bits per heavy atom. The van der Waals surface area contributed by atoms with Gasteiger partial charge in [-0.1, -0.05) is 105 Å². The highest BCUT2D eigenvalue weighted by molar-refractivity contribution is 5.98. The van der Waals surface area contributed by atoms with Crippen LogP contribution in [0.1, 0.15) is 211 Å². The van der Waals surface area contributed by atoms with E-state index in [0.29, 0.717) is 55.7 Å². The smallest absolute Gasteiger partial charge is 0.189 e. The molecule has 10 nitrogen and oxygen atoms in total. The molecule has 5 fully saturated rings. The number of allylic oxidation sites excluding steroid dienone is 4. The summed E-state index contributed by atoms with van der Waals surface area (Å²) in [4.78, 5) is 20.8. The number of aliphatic imine (C=N–C) groups is 1. The van der Waals surface area contributed by atoms with Gasteiger partial charge in [-0.05, 0) is 196 Å². The third-order valence-corrected chi connectivity index (χ3v) is 22.5. The number of phenolic OH excluding ortho intramolecular Hbond substituents is 2. The molecule has 1 aliphatic heterocycles. The highest BCUT2D eigenvalue weighted by Crippen LogP contribution is 2.62. The summed E-state index contributed by atoms with van der Waals surface area (Å²) in [7, 11) is 1.81. The van der Waals surface area contributed by atoms with Crippen LogP contribution in [0.4, 0.5) is 0 Å². The number of phenols is 2. The van der Waals surface area contributed by atoms with E-state index in [4.69, 9.17) is 20.2 Å². The predicted molar refractivity (Wildman–Crippen MR) is 314 cm³/mol. The number of nitrogens with two attached hydrogens (primary N) is 1. The second-order valence-corrected chi connectivity index (χ2v) is 27.0. The normalized spacial score (nSPS) is 33.3. The molecule has 2 spiro atoms. The molecule has 0 unspecified atom stereocenters. The molecule has 7 N–H and O–H groups in total. The number of nitrogens with one attached hydrogen (secondary N) is 1. The number of ketones is 1. The van der Waals surface area contributed by atoms with E-state index in [2.05, 4.69) is 90.8 Å². The number of ether oxygens (including phenoxy) is 2. The molecule has 3 aromatic carbocycles. The van der Waals surface area contributed by atoms with E-state index in [1.807, 2.05) is 0 Å². The highest BCUT2D eigenvalue weighted by atomic mass is 16.5. The zero-order valence-electron chi connectivity index (χ0n) is 47.6. The van der Waals surface area contributed by atoms with Crippen LogP contribution >= 0.6 is 0 Å². The lowest BCUT2D eigenvalue weighted by molar-refractivity contribution is -0.116. The van der Waals surface area contributed by atoms with Gasteiger partial charge in [-0.15, -0.1) is 0 Å². The van der Waals surface area contributed by atoms with Crippen LogP contribution in [0.15, 0.2) is 88.5 Å². The summed E-state index contributed by atoms with van der Waals surface area (Å²) in [5.74, 6) is 8.59. The first-order chi connectivity index (χ1) is 38.9. The minimum atomic E-state index is -0.495. The van der Waals surface area contributed by atoms with Gasteiger partial charge >= 0.3 is 0 Å². The van der Waals surface area contributed by atoms with Crippen LogP contribution < -0.4 is 15.8 Å². The van der Waals surface area contributed by atoms with Gasteiger partial charge in [0.25, 0.3) is 0 Å². The average molecular weight is 1080 g/mol. The zero-order chi connectivity index (χ0) is 54.9. The summed E-state index contributed by atoms with van der Waals surface area (Å²) >= 11 is 0. The van der Waals surface area contributed by atoms with Crippen molar-refractivity contribution in [3.63, 3.8) is 0 Å². The summed E-state index contributed by atoms with van der Waals surface area (Å²) < 4.78 is 13.5. The fraction of sp³-hybridized carbons (Fsp3) is 0.600.